The van der Waals surface area contributed by atoms with E-state index >= 15 is 0 Å². The maximum atomic E-state index is 11.7. The molecule has 8 nitrogen and oxygen atoms in total. The van der Waals surface area contributed by atoms with E-state index in [4.69, 9.17) is 9.84 Å². The molecule has 0 saturated heterocycles. The molecule has 0 aliphatic rings. The monoisotopic (exact) mass is 229 g/mol. The topological polar surface area (TPSA) is 93.4 Å². The number of methoxy groups -OCH3 is 1. The molecule has 16 heavy (non-hydrogen) atoms. The second-order valence-electron chi connectivity index (χ2n) is 3.10. The number of tetrazole rings is 1. The first-order chi connectivity index (χ1) is 7.77. The van der Waals surface area contributed by atoms with E-state index < -0.39 is 0 Å². The minimum Gasteiger partial charge on any atom is -0.395 e. The normalized spacial score (nSPS) is 10.4. The Morgan fingerprint density at radius 3 is 2.94 bits per heavy atom. The molecular formula is C8H15N5O3. The van der Waals surface area contributed by atoms with Crippen LogP contribution in [0, 0.1) is 0 Å². The molecule has 8 heteroatoms. The predicted octanol–water partition coefficient (Wildman–Crippen LogP) is -1.86. The van der Waals surface area contributed by atoms with Crippen LogP contribution in [0.4, 0.5) is 0 Å². The number of ether oxygens (including phenoxy) is 1. The Morgan fingerprint density at radius 1 is 1.56 bits per heavy atom. The Hall–Kier alpha value is -1.54. The van der Waals surface area contributed by atoms with Gasteiger partial charge in [0.2, 0.25) is 5.91 Å². The van der Waals surface area contributed by atoms with Crippen molar-refractivity contribution in [3.05, 3.63) is 6.33 Å². The Morgan fingerprint density at radius 2 is 2.38 bits per heavy atom. The van der Waals surface area contributed by atoms with Gasteiger partial charge in [0.25, 0.3) is 0 Å². The van der Waals surface area contributed by atoms with E-state index in [1.54, 1.807) is 7.11 Å². The number of amides is 1. The molecule has 0 fully saturated rings. The molecule has 1 N–H and O–H groups in total. The molecular weight excluding hydrogens is 214 g/mol. The number of nitrogens with zero attached hydrogens (tertiary/aromatic N) is 5. The summed E-state index contributed by atoms with van der Waals surface area (Å²) in [4.78, 5) is 13.3. The van der Waals surface area contributed by atoms with Crippen LogP contribution in [0.15, 0.2) is 6.33 Å². The van der Waals surface area contributed by atoms with Crippen LogP contribution in [0.25, 0.3) is 0 Å². The number of carbonyl (C=O) groups excluding carboxylic acids is 1. The molecule has 1 heterocycles. The highest BCUT2D eigenvalue weighted by Crippen LogP contribution is 1.92. The van der Waals surface area contributed by atoms with Crippen molar-refractivity contribution in [3.8, 4) is 0 Å². The number of hydrogen-bond donors (Lipinski definition) is 1. The number of aliphatic hydroxyl groups is 1. The van der Waals surface area contributed by atoms with Gasteiger partial charge in [-0.15, -0.1) is 5.10 Å². The largest absolute Gasteiger partial charge is 0.395 e. The smallest absolute Gasteiger partial charge is 0.244 e. The molecule has 0 aliphatic carbocycles. The highest BCUT2D eigenvalue weighted by atomic mass is 16.5. The molecule has 0 atom stereocenters. The van der Waals surface area contributed by atoms with E-state index in [0.29, 0.717) is 13.2 Å². The first-order valence-corrected chi connectivity index (χ1v) is 4.86. The fraction of sp³-hybridized carbons (Fsp3) is 0.750. The summed E-state index contributed by atoms with van der Waals surface area (Å²) >= 11 is 0. The number of aromatic nitrogens is 4. The average Bonchev–Trinajstić information content (AvgIpc) is 2.76. The van der Waals surface area contributed by atoms with E-state index in [1.165, 1.54) is 15.9 Å². The van der Waals surface area contributed by atoms with Gasteiger partial charge in [0.15, 0.2) is 0 Å². The molecule has 90 valence electrons. The molecule has 0 spiro atoms. The van der Waals surface area contributed by atoms with Crippen molar-refractivity contribution in [2.24, 2.45) is 0 Å². The van der Waals surface area contributed by atoms with Gasteiger partial charge in [-0.25, -0.2) is 4.68 Å². The Labute approximate surface area is 92.8 Å². The van der Waals surface area contributed by atoms with Gasteiger partial charge in [-0.3, -0.25) is 4.79 Å². The van der Waals surface area contributed by atoms with Crippen LogP contribution in [0.2, 0.25) is 0 Å². The van der Waals surface area contributed by atoms with Gasteiger partial charge < -0.3 is 14.7 Å². The maximum Gasteiger partial charge on any atom is 0.244 e. The van der Waals surface area contributed by atoms with Crippen LogP contribution < -0.4 is 0 Å². The first kappa shape index (κ1) is 12.5. The third-order valence-electron chi connectivity index (χ3n) is 1.98. The molecule has 1 amide bonds. The third kappa shape index (κ3) is 3.91. The predicted molar refractivity (Wildman–Crippen MR) is 53.4 cm³/mol. The van der Waals surface area contributed by atoms with Crippen LogP contribution in [-0.4, -0.2) is 69.5 Å². The van der Waals surface area contributed by atoms with Gasteiger partial charge in [-0.1, -0.05) is 0 Å². The summed E-state index contributed by atoms with van der Waals surface area (Å²) in [5.41, 5.74) is 0. The van der Waals surface area contributed by atoms with Gasteiger partial charge >= 0.3 is 0 Å². The summed E-state index contributed by atoms with van der Waals surface area (Å²) in [6.45, 7) is 1.14. The van der Waals surface area contributed by atoms with Crippen LogP contribution in [-0.2, 0) is 16.1 Å². The summed E-state index contributed by atoms with van der Waals surface area (Å²) < 4.78 is 6.21. The Kier molecular flexibility index (Phi) is 5.37. The second kappa shape index (κ2) is 6.85. The minimum absolute atomic E-state index is 0.0662. The lowest BCUT2D eigenvalue weighted by atomic mass is 10.4. The molecule has 0 aromatic carbocycles. The lowest BCUT2D eigenvalue weighted by molar-refractivity contribution is -0.133. The average molecular weight is 229 g/mol. The van der Waals surface area contributed by atoms with E-state index in [2.05, 4.69) is 15.5 Å². The standard InChI is InChI=1S/C8H15N5O3/c1-16-5-3-12(2-4-14)8(15)6-13-7-9-10-11-13/h7,14H,2-6H2,1H3. The SMILES string of the molecule is COCCN(CCO)C(=O)Cn1cnnn1. The van der Waals surface area contributed by atoms with E-state index in [-0.39, 0.29) is 25.6 Å². The second-order valence-corrected chi connectivity index (χ2v) is 3.10. The van der Waals surface area contributed by atoms with Crippen molar-refractivity contribution >= 4 is 5.91 Å². The van der Waals surface area contributed by atoms with Crippen molar-refractivity contribution in [2.75, 3.05) is 33.4 Å². The number of hydrogen-bond acceptors (Lipinski definition) is 6. The van der Waals surface area contributed by atoms with Gasteiger partial charge in [0.1, 0.15) is 12.9 Å². The summed E-state index contributed by atoms with van der Waals surface area (Å²) in [5.74, 6) is -0.154. The number of rotatable bonds is 7. The molecule has 1 aromatic heterocycles. The van der Waals surface area contributed by atoms with Crippen LogP contribution in [0.1, 0.15) is 0 Å². The van der Waals surface area contributed by atoms with E-state index in [1.807, 2.05) is 0 Å². The van der Waals surface area contributed by atoms with E-state index in [9.17, 15) is 4.79 Å². The molecule has 0 radical (unpaired) electrons. The maximum absolute atomic E-state index is 11.7. The molecule has 1 aromatic rings. The Balaban J connectivity index is 2.46. The summed E-state index contributed by atoms with van der Waals surface area (Å²) in [6, 6.07) is 0. The van der Waals surface area contributed by atoms with Crippen LogP contribution in [0.3, 0.4) is 0 Å². The van der Waals surface area contributed by atoms with E-state index in [0.717, 1.165) is 0 Å². The first-order valence-electron chi connectivity index (χ1n) is 4.86. The van der Waals surface area contributed by atoms with Gasteiger partial charge in [0, 0.05) is 20.2 Å². The van der Waals surface area contributed by atoms with Gasteiger partial charge in [0.05, 0.1) is 13.2 Å². The zero-order valence-electron chi connectivity index (χ0n) is 9.11. The molecule has 1 rings (SSSR count). The van der Waals surface area contributed by atoms with Crippen LogP contribution in [0.5, 0.6) is 0 Å². The van der Waals surface area contributed by atoms with Gasteiger partial charge in [-0.2, -0.15) is 0 Å². The zero-order chi connectivity index (χ0) is 11.8. The summed E-state index contributed by atoms with van der Waals surface area (Å²) in [7, 11) is 1.56. The summed E-state index contributed by atoms with van der Waals surface area (Å²) in [6.07, 6.45) is 1.37. The minimum atomic E-state index is -0.154. The lowest BCUT2D eigenvalue weighted by Gasteiger charge is -2.20. The molecule has 0 saturated carbocycles. The van der Waals surface area contributed by atoms with Crippen molar-refractivity contribution in [2.45, 2.75) is 6.54 Å². The highest BCUT2D eigenvalue weighted by molar-refractivity contribution is 5.75. The molecule has 0 aliphatic heterocycles. The summed E-state index contributed by atoms with van der Waals surface area (Å²) in [5, 5.41) is 19.3. The van der Waals surface area contributed by atoms with Crippen molar-refractivity contribution in [3.63, 3.8) is 0 Å². The highest BCUT2D eigenvalue weighted by Gasteiger charge is 2.13. The fourth-order valence-corrected chi connectivity index (χ4v) is 1.17. The Bertz CT molecular complexity index is 303. The molecule has 0 bridgehead atoms. The quantitative estimate of drug-likeness (QED) is 0.589. The lowest BCUT2D eigenvalue weighted by Crippen LogP contribution is -2.38. The van der Waals surface area contributed by atoms with Crippen LogP contribution >= 0.6 is 0 Å². The van der Waals surface area contributed by atoms with Crippen molar-refractivity contribution < 1.29 is 14.6 Å². The molecule has 0 unspecified atom stereocenters. The third-order valence-corrected chi connectivity index (χ3v) is 1.98. The number of carbonyl (C=O) groups is 1. The number of aliphatic hydroxyl groups excluding tert-OH is 1. The van der Waals surface area contributed by atoms with Gasteiger partial charge in [-0.05, 0) is 10.4 Å². The fourth-order valence-electron chi connectivity index (χ4n) is 1.17. The van der Waals surface area contributed by atoms with Crippen molar-refractivity contribution in [1.29, 1.82) is 0 Å². The zero-order valence-corrected chi connectivity index (χ0v) is 9.11. The van der Waals surface area contributed by atoms with Crippen molar-refractivity contribution in [1.82, 2.24) is 25.1 Å².